The van der Waals surface area contributed by atoms with Gasteiger partial charge >= 0.3 is 0 Å². The predicted molar refractivity (Wildman–Crippen MR) is 88.3 cm³/mol. The first-order valence-electron chi connectivity index (χ1n) is 8.39. The summed E-state index contributed by atoms with van der Waals surface area (Å²) in [4.78, 5) is 17.4. The molecule has 1 aromatic rings. The van der Waals surface area contributed by atoms with Gasteiger partial charge in [-0.1, -0.05) is 37.3 Å². The van der Waals surface area contributed by atoms with E-state index in [0.29, 0.717) is 12.1 Å². The molecule has 3 rings (SSSR count). The average molecular weight is 301 g/mol. The number of hydrogen-bond donors (Lipinski definition) is 1. The van der Waals surface area contributed by atoms with E-state index in [0.717, 1.165) is 25.1 Å². The molecular formula is C18H27N3O. The van der Waals surface area contributed by atoms with Crippen LogP contribution in [0.25, 0.3) is 0 Å². The quantitative estimate of drug-likeness (QED) is 0.929. The molecule has 2 aliphatic heterocycles. The predicted octanol–water partition coefficient (Wildman–Crippen LogP) is 2.02. The third kappa shape index (κ3) is 2.90. The van der Waals surface area contributed by atoms with Crippen LogP contribution in [0.2, 0.25) is 0 Å². The van der Waals surface area contributed by atoms with Crippen molar-refractivity contribution < 1.29 is 4.79 Å². The topological polar surface area (TPSA) is 49.6 Å². The summed E-state index contributed by atoms with van der Waals surface area (Å²) in [5, 5.41) is 0. The van der Waals surface area contributed by atoms with Crippen LogP contribution in [0.15, 0.2) is 30.3 Å². The first kappa shape index (κ1) is 15.5. The Bertz CT molecular complexity index is 518. The number of likely N-dealkylation sites (tertiary alicyclic amines) is 1. The van der Waals surface area contributed by atoms with Crippen molar-refractivity contribution >= 4 is 5.91 Å². The third-order valence-electron chi connectivity index (χ3n) is 5.57. The van der Waals surface area contributed by atoms with E-state index in [1.807, 2.05) is 42.2 Å². The molecule has 2 bridgehead atoms. The number of amides is 1. The number of nitrogens with zero attached hydrogens (tertiary/aromatic N) is 2. The average Bonchev–Trinajstić information content (AvgIpc) is 2.79. The molecule has 0 aliphatic carbocycles. The van der Waals surface area contributed by atoms with Crippen LogP contribution < -0.4 is 5.73 Å². The number of likely N-dealkylation sites (N-methyl/N-ethyl adjacent to an activating group) is 1. The van der Waals surface area contributed by atoms with Crippen molar-refractivity contribution in [3.63, 3.8) is 0 Å². The second kappa shape index (κ2) is 6.39. The summed E-state index contributed by atoms with van der Waals surface area (Å²) in [5.41, 5.74) is 7.37. The van der Waals surface area contributed by atoms with E-state index < -0.39 is 0 Å². The van der Waals surface area contributed by atoms with Gasteiger partial charge in [0, 0.05) is 31.2 Å². The molecule has 120 valence electrons. The first-order chi connectivity index (χ1) is 10.6. The minimum Gasteiger partial charge on any atom is -0.341 e. The number of hydrogen-bond acceptors (Lipinski definition) is 3. The Labute approximate surface area is 133 Å². The van der Waals surface area contributed by atoms with Gasteiger partial charge in [0.1, 0.15) is 0 Å². The molecule has 2 N–H and O–H groups in total. The van der Waals surface area contributed by atoms with Gasteiger partial charge in [0.05, 0.1) is 5.92 Å². The van der Waals surface area contributed by atoms with Gasteiger partial charge in [-0.15, -0.1) is 0 Å². The normalized spacial score (nSPS) is 28.2. The highest BCUT2D eigenvalue weighted by atomic mass is 16.2. The molecule has 1 aromatic carbocycles. The number of carbonyl (C=O) groups is 1. The zero-order valence-electron chi connectivity index (χ0n) is 13.6. The largest absolute Gasteiger partial charge is 0.341 e. The van der Waals surface area contributed by atoms with Crippen molar-refractivity contribution in [1.29, 1.82) is 0 Å². The van der Waals surface area contributed by atoms with Gasteiger partial charge in [-0.3, -0.25) is 9.69 Å². The third-order valence-corrected chi connectivity index (χ3v) is 5.57. The lowest BCUT2D eigenvalue weighted by Crippen LogP contribution is -2.44. The van der Waals surface area contributed by atoms with Gasteiger partial charge in [-0.05, 0) is 31.9 Å². The Balaban J connectivity index is 1.68. The standard InChI is InChI=1S/C18H27N3O/c1-13(17(19)14-6-4-3-5-7-14)18(22)21-11-10-15-8-9-16(12-21)20(15)2/h3-7,13,15-17H,8-12,19H2,1-2H3. The number of carbonyl (C=O) groups excluding carboxylic acids is 1. The summed E-state index contributed by atoms with van der Waals surface area (Å²) >= 11 is 0. The van der Waals surface area contributed by atoms with Gasteiger partial charge in [-0.25, -0.2) is 0 Å². The SMILES string of the molecule is CC(C(=O)N1CCC2CCC(C1)N2C)C(N)c1ccccc1. The molecule has 4 heteroatoms. The molecule has 1 amide bonds. The monoisotopic (exact) mass is 301 g/mol. The fourth-order valence-electron chi connectivity index (χ4n) is 3.91. The first-order valence-corrected chi connectivity index (χ1v) is 8.39. The van der Waals surface area contributed by atoms with Crippen LogP contribution in [0.5, 0.6) is 0 Å². The van der Waals surface area contributed by atoms with E-state index in [1.54, 1.807) is 0 Å². The van der Waals surface area contributed by atoms with Crippen LogP contribution >= 0.6 is 0 Å². The van der Waals surface area contributed by atoms with E-state index in [2.05, 4.69) is 11.9 Å². The Morgan fingerprint density at radius 1 is 1.18 bits per heavy atom. The maximum absolute atomic E-state index is 12.9. The molecular weight excluding hydrogens is 274 g/mol. The Morgan fingerprint density at radius 2 is 1.86 bits per heavy atom. The number of nitrogens with two attached hydrogens (primary N) is 1. The van der Waals surface area contributed by atoms with Gasteiger partial charge in [0.2, 0.25) is 5.91 Å². The second-order valence-corrected chi connectivity index (χ2v) is 6.85. The molecule has 4 atom stereocenters. The number of fused-ring (bicyclic) bond motifs is 2. The number of benzene rings is 1. The summed E-state index contributed by atoms with van der Waals surface area (Å²) in [6, 6.07) is 10.9. The molecule has 2 fully saturated rings. The van der Waals surface area contributed by atoms with Crippen molar-refractivity contribution in [1.82, 2.24) is 9.80 Å². The van der Waals surface area contributed by atoms with Crippen LogP contribution in [-0.2, 0) is 4.79 Å². The van der Waals surface area contributed by atoms with E-state index in [9.17, 15) is 4.79 Å². The molecule has 0 aromatic heterocycles. The lowest BCUT2D eigenvalue weighted by Gasteiger charge is -2.30. The molecule has 22 heavy (non-hydrogen) atoms. The zero-order valence-corrected chi connectivity index (χ0v) is 13.6. The molecule has 0 saturated carbocycles. The van der Waals surface area contributed by atoms with Crippen molar-refractivity contribution in [3.05, 3.63) is 35.9 Å². The Morgan fingerprint density at radius 3 is 2.59 bits per heavy atom. The molecule has 2 heterocycles. The lowest BCUT2D eigenvalue weighted by molar-refractivity contribution is -0.136. The fourth-order valence-corrected chi connectivity index (χ4v) is 3.91. The molecule has 4 unspecified atom stereocenters. The highest BCUT2D eigenvalue weighted by Crippen LogP contribution is 2.30. The van der Waals surface area contributed by atoms with Crippen LogP contribution in [0.3, 0.4) is 0 Å². The summed E-state index contributed by atoms with van der Waals surface area (Å²) in [7, 11) is 2.20. The molecule has 0 radical (unpaired) electrons. The maximum Gasteiger partial charge on any atom is 0.227 e. The van der Waals surface area contributed by atoms with Crippen LogP contribution in [0.4, 0.5) is 0 Å². The van der Waals surface area contributed by atoms with Gasteiger partial charge in [0.15, 0.2) is 0 Å². The summed E-state index contributed by atoms with van der Waals surface area (Å²) in [5.74, 6) is 0.0293. The molecule has 2 saturated heterocycles. The van der Waals surface area contributed by atoms with Crippen LogP contribution in [-0.4, -0.2) is 47.9 Å². The van der Waals surface area contributed by atoms with E-state index >= 15 is 0 Å². The Hall–Kier alpha value is -1.39. The maximum atomic E-state index is 12.9. The van der Waals surface area contributed by atoms with Gasteiger partial charge in [0.25, 0.3) is 0 Å². The molecule has 0 spiro atoms. The minimum absolute atomic E-state index is 0.177. The molecule has 2 aliphatic rings. The second-order valence-electron chi connectivity index (χ2n) is 6.85. The summed E-state index contributed by atoms with van der Waals surface area (Å²) in [6.07, 6.45) is 3.58. The summed E-state index contributed by atoms with van der Waals surface area (Å²) in [6.45, 7) is 3.70. The van der Waals surface area contributed by atoms with E-state index in [1.165, 1.54) is 12.8 Å². The van der Waals surface area contributed by atoms with Crippen LogP contribution in [0.1, 0.15) is 37.8 Å². The molecule has 4 nitrogen and oxygen atoms in total. The van der Waals surface area contributed by atoms with Crippen molar-refractivity contribution in [2.24, 2.45) is 11.7 Å². The van der Waals surface area contributed by atoms with Gasteiger partial charge < -0.3 is 10.6 Å². The van der Waals surface area contributed by atoms with Crippen molar-refractivity contribution in [3.8, 4) is 0 Å². The smallest absolute Gasteiger partial charge is 0.227 e. The van der Waals surface area contributed by atoms with Gasteiger partial charge in [-0.2, -0.15) is 0 Å². The van der Waals surface area contributed by atoms with Crippen molar-refractivity contribution in [2.45, 2.75) is 44.3 Å². The lowest BCUT2D eigenvalue weighted by atomic mass is 9.93. The van der Waals surface area contributed by atoms with Crippen molar-refractivity contribution in [2.75, 3.05) is 20.1 Å². The summed E-state index contributed by atoms with van der Waals surface area (Å²) < 4.78 is 0. The minimum atomic E-state index is -0.230. The fraction of sp³-hybridized carbons (Fsp3) is 0.611. The highest BCUT2D eigenvalue weighted by molar-refractivity contribution is 5.79. The van der Waals surface area contributed by atoms with E-state index in [-0.39, 0.29) is 17.9 Å². The Kier molecular flexibility index (Phi) is 4.50. The van der Waals surface area contributed by atoms with Crippen LogP contribution in [0, 0.1) is 5.92 Å². The number of rotatable bonds is 3. The zero-order chi connectivity index (χ0) is 15.7. The van der Waals surface area contributed by atoms with E-state index in [4.69, 9.17) is 5.73 Å². The highest BCUT2D eigenvalue weighted by Gasteiger charge is 2.37.